The number of carboxylic acid groups (broad SMARTS) is 1. The van der Waals surface area contributed by atoms with E-state index in [4.69, 9.17) is 10.8 Å². The van der Waals surface area contributed by atoms with Crippen LogP contribution in [-0.2, 0) is 15.6 Å². The van der Waals surface area contributed by atoms with E-state index in [1.165, 1.54) is 0 Å². The van der Waals surface area contributed by atoms with Gasteiger partial charge in [0.15, 0.2) is 0 Å². The SMILES string of the molecule is CC(C)S(=O)CCC(N)C(=O)O. The minimum absolute atomic E-state index is 0.0750. The molecule has 0 aromatic carbocycles. The van der Waals surface area contributed by atoms with Crippen molar-refractivity contribution < 1.29 is 14.1 Å². The number of hydrogen-bond acceptors (Lipinski definition) is 3. The van der Waals surface area contributed by atoms with E-state index < -0.39 is 22.8 Å². The second-order valence-corrected chi connectivity index (χ2v) is 4.98. The summed E-state index contributed by atoms with van der Waals surface area (Å²) in [5.41, 5.74) is 5.23. The molecular formula is C7H15NO3S. The molecule has 0 aromatic rings. The predicted octanol–water partition coefficient (Wildman–Crippen LogP) is -0.0545. The molecule has 0 bridgehead atoms. The topological polar surface area (TPSA) is 80.4 Å². The first kappa shape index (κ1) is 11.6. The van der Waals surface area contributed by atoms with Gasteiger partial charge in [-0.3, -0.25) is 9.00 Å². The van der Waals surface area contributed by atoms with Gasteiger partial charge in [0.2, 0.25) is 0 Å². The average molecular weight is 193 g/mol. The molecule has 5 heteroatoms. The monoisotopic (exact) mass is 193 g/mol. The Kier molecular flexibility index (Phi) is 5.08. The number of nitrogens with two attached hydrogens (primary N) is 1. The standard InChI is InChI=1S/C7H15NO3S/c1-5(2)12(11)4-3-6(8)7(9)10/h5-6H,3-4,8H2,1-2H3,(H,9,10). The number of carboxylic acids is 1. The quantitative estimate of drug-likeness (QED) is 0.641. The molecule has 0 fully saturated rings. The van der Waals surface area contributed by atoms with Crippen LogP contribution in [0.15, 0.2) is 0 Å². The van der Waals surface area contributed by atoms with Crippen molar-refractivity contribution in [3.05, 3.63) is 0 Å². The Morgan fingerprint density at radius 1 is 1.58 bits per heavy atom. The highest BCUT2D eigenvalue weighted by Crippen LogP contribution is 1.98. The molecule has 12 heavy (non-hydrogen) atoms. The summed E-state index contributed by atoms with van der Waals surface area (Å²) < 4.78 is 11.1. The third-order valence-electron chi connectivity index (χ3n) is 1.47. The van der Waals surface area contributed by atoms with Gasteiger partial charge in [0.05, 0.1) is 0 Å². The van der Waals surface area contributed by atoms with Crippen molar-refractivity contribution in [1.29, 1.82) is 0 Å². The van der Waals surface area contributed by atoms with E-state index in [2.05, 4.69) is 0 Å². The van der Waals surface area contributed by atoms with Crippen LogP contribution in [0.4, 0.5) is 0 Å². The fourth-order valence-electron chi connectivity index (χ4n) is 0.602. The van der Waals surface area contributed by atoms with Crippen LogP contribution >= 0.6 is 0 Å². The highest BCUT2D eigenvalue weighted by atomic mass is 32.2. The van der Waals surface area contributed by atoms with Crippen LogP contribution in [0.3, 0.4) is 0 Å². The number of rotatable bonds is 5. The Hall–Kier alpha value is -0.420. The molecule has 4 nitrogen and oxygen atoms in total. The molecule has 0 heterocycles. The summed E-state index contributed by atoms with van der Waals surface area (Å²) in [6.45, 7) is 3.67. The maximum atomic E-state index is 11.1. The van der Waals surface area contributed by atoms with E-state index in [-0.39, 0.29) is 11.7 Å². The number of carbonyl (C=O) groups is 1. The molecule has 0 aliphatic rings. The molecule has 0 aliphatic heterocycles. The van der Waals surface area contributed by atoms with Gasteiger partial charge in [-0.15, -0.1) is 0 Å². The summed E-state index contributed by atoms with van der Waals surface area (Å²) in [6, 6.07) is -0.882. The molecule has 0 rings (SSSR count). The van der Waals surface area contributed by atoms with E-state index in [1.54, 1.807) is 0 Å². The summed E-state index contributed by atoms with van der Waals surface area (Å²) in [5.74, 6) is -0.666. The van der Waals surface area contributed by atoms with Gasteiger partial charge in [-0.05, 0) is 6.42 Å². The zero-order valence-electron chi connectivity index (χ0n) is 7.32. The van der Waals surface area contributed by atoms with Gasteiger partial charge >= 0.3 is 5.97 Å². The van der Waals surface area contributed by atoms with Crippen LogP contribution in [-0.4, -0.2) is 32.3 Å². The first-order chi connectivity index (χ1) is 5.45. The Balaban J connectivity index is 3.69. The Labute approximate surface area is 74.6 Å². The fraction of sp³-hybridized carbons (Fsp3) is 0.857. The van der Waals surface area contributed by atoms with Crippen molar-refractivity contribution in [1.82, 2.24) is 0 Å². The van der Waals surface area contributed by atoms with E-state index in [1.807, 2.05) is 13.8 Å². The van der Waals surface area contributed by atoms with Crippen LogP contribution in [0, 0.1) is 0 Å². The number of aliphatic carboxylic acids is 1. The largest absolute Gasteiger partial charge is 0.480 e. The van der Waals surface area contributed by atoms with Crippen molar-refractivity contribution in [2.24, 2.45) is 5.73 Å². The lowest BCUT2D eigenvalue weighted by Gasteiger charge is -2.07. The van der Waals surface area contributed by atoms with Gasteiger partial charge < -0.3 is 10.8 Å². The van der Waals surface area contributed by atoms with E-state index in [0.717, 1.165) is 0 Å². The maximum Gasteiger partial charge on any atom is 0.320 e. The summed E-state index contributed by atoms with van der Waals surface area (Å²) in [5, 5.41) is 8.48. The third-order valence-corrected chi connectivity index (χ3v) is 3.16. The van der Waals surface area contributed by atoms with Crippen LogP contribution in [0.5, 0.6) is 0 Å². The smallest absolute Gasteiger partial charge is 0.320 e. The second kappa shape index (κ2) is 5.27. The van der Waals surface area contributed by atoms with Crippen molar-refractivity contribution in [3.63, 3.8) is 0 Å². The van der Waals surface area contributed by atoms with Gasteiger partial charge in [-0.25, -0.2) is 0 Å². The maximum absolute atomic E-state index is 11.1. The molecule has 0 aromatic heterocycles. The minimum Gasteiger partial charge on any atom is -0.480 e. The third kappa shape index (κ3) is 4.46. The lowest BCUT2D eigenvalue weighted by atomic mass is 10.2. The molecule has 2 unspecified atom stereocenters. The van der Waals surface area contributed by atoms with Crippen molar-refractivity contribution in [2.75, 3.05) is 5.75 Å². The first-order valence-corrected chi connectivity index (χ1v) is 5.19. The molecule has 0 amide bonds. The van der Waals surface area contributed by atoms with Gasteiger partial charge in [0, 0.05) is 21.8 Å². The lowest BCUT2D eigenvalue weighted by molar-refractivity contribution is -0.138. The molecule has 72 valence electrons. The normalized spacial score (nSPS) is 16.0. The summed E-state index contributed by atoms with van der Waals surface area (Å²) >= 11 is 0. The van der Waals surface area contributed by atoms with Crippen LogP contribution < -0.4 is 5.73 Å². The lowest BCUT2D eigenvalue weighted by Crippen LogP contribution is -2.32. The fourth-order valence-corrected chi connectivity index (χ4v) is 1.56. The van der Waals surface area contributed by atoms with Crippen molar-refractivity contribution >= 4 is 16.8 Å². The Morgan fingerprint density at radius 2 is 2.08 bits per heavy atom. The molecule has 0 aliphatic carbocycles. The van der Waals surface area contributed by atoms with Crippen LogP contribution in [0.1, 0.15) is 20.3 Å². The number of hydrogen-bond donors (Lipinski definition) is 2. The minimum atomic E-state index is -1.03. The van der Waals surface area contributed by atoms with Crippen molar-refractivity contribution in [3.8, 4) is 0 Å². The van der Waals surface area contributed by atoms with E-state index >= 15 is 0 Å². The zero-order valence-corrected chi connectivity index (χ0v) is 8.13. The van der Waals surface area contributed by atoms with E-state index in [9.17, 15) is 9.00 Å². The highest BCUT2D eigenvalue weighted by molar-refractivity contribution is 7.85. The van der Waals surface area contributed by atoms with Gasteiger partial charge in [-0.1, -0.05) is 13.8 Å². The predicted molar refractivity (Wildman–Crippen MR) is 48.4 cm³/mol. The average Bonchev–Trinajstić information content (AvgIpc) is 1.98. The molecule has 2 atom stereocenters. The first-order valence-electron chi connectivity index (χ1n) is 3.80. The zero-order chi connectivity index (χ0) is 9.72. The van der Waals surface area contributed by atoms with Crippen LogP contribution in [0.2, 0.25) is 0 Å². The molecule has 0 saturated heterocycles. The molecular weight excluding hydrogens is 178 g/mol. The Morgan fingerprint density at radius 3 is 2.42 bits per heavy atom. The Bertz CT molecular complexity index is 181. The molecule has 0 saturated carbocycles. The molecule has 0 radical (unpaired) electrons. The molecule has 0 spiro atoms. The summed E-state index contributed by atoms with van der Waals surface area (Å²) in [6.07, 6.45) is 0.278. The van der Waals surface area contributed by atoms with Gasteiger partial charge in [0.1, 0.15) is 6.04 Å². The van der Waals surface area contributed by atoms with Gasteiger partial charge in [-0.2, -0.15) is 0 Å². The van der Waals surface area contributed by atoms with Crippen molar-refractivity contribution in [2.45, 2.75) is 31.6 Å². The molecule has 3 N–H and O–H groups in total. The second-order valence-electron chi connectivity index (χ2n) is 2.87. The highest BCUT2D eigenvalue weighted by Gasteiger charge is 2.13. The van der Waals surface area contributed by atoms with Gasteiger partial charge in [0.25, 0.3) is 0 Å². The summed E-state index contributed by atoms with van der Waals surface area (Å²) in [7, 11) is -0.952. The summed E-state index contributed by atoms with van der Waals surface area (Å²) in [4.78, 5) is 10.3. The van der Waals surface area contributed by atoms with Crippen LogP contribution in [0.25, 0.3) is 0 Å². The van der Waals surface area contributed by atoms with E-state index in [0.29, 0.717) is 5.75 Å².